The first-order chi connectivity index (χ1) is 18.6. The van der Waals surface area contributed by atoms with Crippen molar-refractivity contribution in [1.29, 1.82) is 0 Å². The minimum absolute atomic E-state index is 0.750. The second-order valence-corrected chi connectivity index (χ2v) is 11.1. The Labute approximate surface area is 240 Å². The highest BCUT2D eigenvalue weighted by Gasteiger charge is 2.26. The van der Waals surface area contributed by atoms with Crippen LogP contribution in [0.3, 0.4) is 0 Å². The minimum Gasteiger partial charge on any atom is -0.0843 e. The summed E-state index contributed by atoms with van der Waals surface area (Å²) in [5.74, 6) is 0. The van der Waals surface area contributed by atoms with Crippen LogP contribution in [0.1, 0.15) is 37.8 Å². The maximum Gasteiger partial charge on any atom is 0.0406 e. The lowest BCUT2D eigenvalue weighted by molar-refractivity contribution is 0.865. The van der Waals surface area contributed by atoms with Crippen LogP contribution in [0.4, 0.5) is 0 Å². The van der Waals surface area contributed by atoms with Crippen LogP contribution in [0.2, 0.25) is 5.02 Å². The van der Waals surface area contributed by atoms with Crippen molar-refractivity contribution in [2.24, 2.45) is 0 Å². The van der Waals surface area contributed by atoms with Gasteiger partial charge in [-0.05, 0) is 92.7 Å². The third-order valence-electron chi connectivity index (χ3n) is 7.11. The van der Waals surface area contributed by atoms with Crippen LogP contribution in [-0.2, 0) is 12.8 Å². The van der Waals surface area contributed by atoms with Crippen molar-refractivity contribution >= 4 is 27.5 Å². The summed E-state index contributed by atoms with van der Waals surface area (Å²) in [4.78, 5) is 0. The van der Waals surface area contributed by atoms with Gasteiger partial charge in [-0.15, -0.1) is 0 Å². The van der Waals surface area contributed by atoms with Gasteiger partial charge in [0.25, 0.3) is 0 Å². The average Bonchev–Trinajstić information content (AvgIpc) is 2.95. The Balaban J connectivity index is 2.05. The zero-order valence-corrected chi connectivity index (χ0v) is 24.3. The van der Waals surface area contributed by atoms with Crippen molar-refractivity contribution in [3.05, 3.63) is 130 Å². The molecule has 0 saturated carbocycles. The SMILES string of the molecule is CCCc1c(CCC)c(-c2ccccc2)c(-c2ccc(Br)cc2)c(-c2ccc(Cl)cc2)c1-c1ccccc1. The molecule has 0 N–H and O–H groups in total. The minimum atomic E-state index is 0.750. The van der Waals surface area contributed by atoms with E-state index in [-0.39, 0.29) is 0 Å². The highest BCUT2D eigenvalue weighted by atomic mass is 79.9. The van der Waals surface area contributed by atoms with Gasteiger partial charge in [0.1, 0.15) is 0 Å². The van der Waals surface area contributed by atoms with E-state index >= 15 is 0 Å². The molecule has 0 unspecified atom stereocenters. The Bertz CT molecular complexity index is 1380. The molecule has 0 saturated heterocycles. The molecule has 5 rings (SSSR count). The van der Waals surface area contributed by atoms with Crippen molar-refractivity contribution in [2.75, 3.05) is 0 Å². The molecule has 0 bridgehead atoms. The highest BCUT2D eigenvalue weighted by molar-refractivity contribution is 9.10. The number of hydrogen-bond acceptors (Lipinski definition) is 0. The molecule has 0 aliphatic heterocycles. The number of hydrogen-bond donors (Lipinski definition) is 0. The van der Waals surface area contributed by atoms with Gasteiger partial charge in [-0.1, -0.05) is 139 Å². The highest BCUT2D eigenvalue weighted by Crippen LogP contribution is 2.50. The molecular formula is C36H32BrCl. The molecule has 2 heteroatoms. The zero-order chi connectivity index (χ0) is 26.5. The molecule has 5 aromatic rings. The Morgan fingerprint density at radius 1 is 0.474 bits per heavy atom. The Kier molecular flexibility index (Phi) is 8.47. The van der Waals surface area contributed by atoms with E-state index in [4.69, 9.17) is 11.6 Å². The monoisotopic (exact) mass is 578 g/mol. The third kappa shape index (κ3) is 5.37. The molecular weight excluding hydrogens is 548 g/mol. The van der Waals surface area contributed by atoms with Gasteiger partial charge in [0.2, 0.25) is 0 Å². The molecule has 0 amide bonds. The van der Waals surface area contributed by atoms with E-state index in [1.165, 1.54) is 55.6 Å². The van der Waals surface area contributed by atoms with Gasteiger partial charge in [-0.25, -0.2) is 0 Å². The van der Waals surface area contributed by atoms with Crippen molar-refractivity contribution in [1.82, 2.24) is 0 Å². The summed E-state index contributed by atoms with van der Waals surface area (Å²) in [5, 5.41) is 0.750. The summed E-state index contributed by atoms with van der Waals surface area (Å²) in [6, 6.07) is 39.0. The van der Waals surface area contributed by atoms with Crippen molar-refractivity contribution < 1.29 is 0 Å². The van der Waals surface area contributed by atoms with Gasteiger partial charge < -0.3 is 0 Å². The zero-order valence-electron chi connectivity index (χ0n) is 22.0. The van der Waals surface area contributed by atoms with Crippen LogP contribution in [-0.4, -0.2) is 0 Å². The average molecular weight is 580 g/mol. The van der Waals surface area contributed by atoms with Crippen LogP contribution in [0.25, 0.3) is 44.5 Å². The lowest BCUT2D eigenvalue weighted by atomic mass is 9.75. The van der Waals surface area contributed by atoms with Crippen LogP contribution in [0.5, 0.6) is 0 Å². The fourth-order valence-electron chi connectivity index (χ4n) is 5.56. The summed E-state index contributed by atoms with van der Waals surface area (Å²) in [5.41, 5.74) is 13.1. The van der Waals surface area contributed by atoms with Crippen molar-refractivity contribution in [3.63, 3.8) is 0 Å². The summed E-state index contributed by atoms with van der Waals surface area (Å²) >= 11 is 10.1. The molecule has 0 radical (unpaired) electrons. The summed E-state index contributed by atoms with van der Waals surface area (Å²) in [6.07, 6.45) is 4.23. The standard InChI is InChI=1S/C36H32BrCl/c1-3-11-31-32(12-4-2)34(26-15-9-6-10-16-26)36(28-19-23-30(38)24-20-28)35(27-17-21-29(37)22-18-27)33(31)25-13-7-5-8-14-25/h5-10,13-24H,3-4,11-12H2,1-2H3. The normalized spacial score (nSPS) is 11.1. The van der Waals surface area contributed by atoms with E-state index in [0.717, 1.165) is 35.2 Å². The van der Waals surface area contributed by atoms with Crippen LogP contribution >= 0.6 is 27.5 Å². The number of halogens is 2. The molecule has 0 aliphatic carbocycles. The summed E-state index contributed by atoms with van der Waals surface area (Å²) in [7, 11) is 0. The first kappa shape index (κ1) is 26.5. The number of rotatable bonds is 8. The second-order valence-electron chi connectivity index (χ2n) is 9.70. The van der Waals surface area contributed by atoms with E-state index in [1.54, 1.807) is 0 Å². The maximum atomic E-state index is 6.40. The largest absolute Gasteiger partial charge is 0.0843 e. The van der Waals surface area contributed by atoms with Crippen LogP contribution < -0.4 is 0 Å². The van der Waals surface area contributed by atoms with E-state index in [1.807, 2.05) is 12.1 Å². The van der Waals surface area contributed by atoms with Crippen molar-refractivity contribution in [2.45, 2.75) is 39.5 Å². The van der Waals surface area contributed by atoms with Gasteiger partial charge in [0.05, 0.1) is 0 Å². The molecule has 0 spiro atoms. The number of benzene rings is 5. The van der Waals surface area contributed by atoms with E-state index in [2.05, 4.69) is 127 Å². The first-order valence-electron chi connectivity index (χ1n) is 13.5. The molecule has 0 fully saturated rings. The molecule has 0 atom stereocenters. The predicted octanol–water partition coefficient (Wildman–Crippen LogP) is 11.7. The van der Waals surface area contributed by atoms with Gasteiger partial charge in [-0.2, -0.15) is 0 Å². The molecule has 0 nitrogen and oxygen atoms in total. The van der Waals surface area contributed by atoms with Gasteiger partial charge >= 0.3 is 0 Å². The van der Waals surface area contributed by atoms with Gasteiger partial charge in [-0.3, -0.25) is 0 Å². The van der Waals surface area contributed by atoms with E-state index in [0.29, 0.717) is 0 Å². The Morgan fingerprint density at radius 2 is 0.842 bits per heavy atom. The molecule has 190 valence electrons. The van der Waals surface area contributed by atoms with E-state index < -0.39 is 0 Å². The topological polar surface area (TPSA) is 0 Å². The van der Waals surface area contributed by atoms with E-state index in [9.17, 15) is 0 Å². The molecule has 0 aliphatic rings. The molecule has 38 heavy (non-hydrogen) atoms. The fourth-order valence-corrected chi connectivity index (χ4v) is 5.95. The maximum absolute atomic E-state index is 6.40. The summed E-state index contributed by atoms with van der Waals surface area (Å²) < 4.78 is 1.08. The van der Waals surface area contributed by atoms with Gasteiger partial charge in [0.15, 0.2) is 0 Å². The van der Waals surface area contributed by atoms with Crippen LogP contribution in [0.15, 0.2) is 114 Å². The Hall–Kier alpha value is -3.13. The Morgan fingerprint density at radius 3 is 1.24 bits per heavy atom. The quantitative estimate of drug-likeness (QED) is 0.171. The molecule has 0 aromatic heterocycles. The lowest BCUT2D eigenvalue weighted by Crippen LogP contribution is -2.06. The second kappa shape index (κ2) is 12.2. The lowest BCUT2D eigenvalue weighted by Gasteiger charge is -2.28. The van der Waals surface area contributed by atoms with Gasteiger partial charge in [0, 0.05) is 9.50 Å². The fraction of sp³-hybridized carbons (Fsp3) is 0.167. The summed E-state index contributed by atoms with van der Waals surface area (Å²) in [6.45, 7) is 4.58. The van der Waals surface area contributed by atoms with Crippen molar-refractivity contribution in [3.8, 4) is 44.5 Å². The first-order valence-corrected chi connectivity index (χ1v) is 14.6. The molecule has 5 aromatic carbocycles. The predicted molar refractivity (Wildman–Crippen MR) is 169 cm³/mol. The van der Waals surface area contributed by atoms with Crippen LogP contribution in [0, 0.1) is 0 Å². The third-order valence-corrected chi connectivity index (χ3v) is 7.89. The smallest absolute Gasteiger partial charge is 0.0406 e. The molecule has 0 heterocycles.